The van der Waals surface area contributed by atoms with E-state index in [0.717, 1.165) is 36.3 Å². The number of carbonyl (C=O) groups excluding carboxylic acids is 1. The fourth-order valence-corrected chi connectivity index (χ4v) is 5.31. The van der Waals surface area contributed by atoms with Gasteiger partial charge in [0.1, 0.15) is 0 Å². The van der Waals surface area contributed by atoms with Gasteiger partial charge in [-0.15, -0.1) is 10.2 Å². The Morgan fingerprint density at radius 3 is 2.33 bits per heavy atom. The molecule has 8 heteroatoms. The monoisotopic (exact) mass is 435 g/mol. The standard InChI is InChI=1S/C19H18ClN3OS3/c1-12-7-13(2)9-16(8-12)21-17(24)11-26-19-23-22-18(27-19)25-10-14-3-5-15(20)6-4-14/h3-9H,10-11H2,1-2H3,(H,21,24). The minimum absolute atomic E-state index is 0.0458. The Bertz CT molecular complexity index is 908. The van der Waals surface area contributed by atoms with Crippen LogP contribution in [0.5, 0.6) is 0 Å². The lowest BCUT2D eigenvalue weighted by molar-refractivity contribution is -0.113. The second kappa shape index (κ2) is 9.59. The molecule has 2 aromatic carbocycles. The minimum atomic E-state index is -0.0458. The van der Waals surface area contributed by atoms with Crippen LogP contribution in [-0.4, -0.2) is 21.9 Å². The molecule has 0 saturated heterocycles. The lowest BCUT2D eigenvalue weighted by atomic mass is 10.1. The number of rotatable bonds is 7. The maximum atomic E-state index is 12.2. The van der Waals surface area contributed by atoms with Gasteiger partial charge in [0.2, 0.25) is 5.91 Å². The van der Waals surface area contributed by atoms with Crippen molar-refractivity contribution in [2.45, 2.75) is 28.3 Å². The maximum absolute atomic E-state index is 12.2. The number of aromatic nitrogens is 2. The van der Waals surface area contributed by atoms with Crippen molar-refractivity contribution in [3.8, 4) is 0 Å². The van der Waals surface area contributed by atoms with Crippen LogP contribution >= 0.6 is 46.5 Å². The van der Waals surface area contributed by atoms with Gasteiger partial charge >= 0.3 is 0 Å². The van der Waals surface area contributed by atoms with Gasteiger partial charge in [-0.25, -0.2) is 0 Å². The Morgan fingerprint density at radius 2 is 1.67 bits per heavy atom. The number of hydrogen-bond donors (Lipinski definition) is 1. The van der Waals surface area contributed by atoms with E-state index < -0.39 is 0 Å². The van der Waals surface area contributed by atoms with E-state index in [4.69, 9.17) is 11.6 Å². The number of benzene rings is 2. The van der Waals surface area contributed by atoms with Gasteiger partial charge in [0, 0.05) is 16.5 Å². The summed E-state index contributed by atoms with van der Waals surface area (Å²) in [5.74, 6) is 1.07. The number of amides is 1. The van der Waals surface area contributed by atoms with Crippen LogP contribution in [0.1, 0.15) is 16.7 Å². The Kier molecular flexibility index (Phi) is 7.18. The highest BCUT2D eigenvalue weighted by atomic mass is 35.5. The van der Waals surface area contributed by atoms with Gasteiger partial charge in [0.15, 0.2) is 8.68 Å². The van der Waals surface area contributed by atoms with Crippen LogP contribution in [0.15, 0.2) is 51.1 Å². The molecule has 0 bridgehead atoms. The normalized spacial score (nSPS) is 10.8. The molecule has 27 heavy (non-hydrogen) atoms. The average molecular weight is 436 g/mol. The third-order valence-electron chi connectivity index (χ3n) is 3.50. The molecule has 0 saturated carbocycles. The smallest absolute Gasteiger partial charge is 0.234 e. The molecule has 1 heterocycles. The van der Waals surface area contributed by atoms with Crippen LogP contribution in [0, 0.1) is 13.8 Å². The molecule has 0 spiro atoms. The molecule has 0 aliphatic rings. The molecule has 1 amide bonds. The zero-order chi connectivity index (χ0) is 19.2. The second-order valence-corrected chi connectivity index (χ2v) is 9.82. The average Bonchev–Trinajstić information content (AvgIpc) is 3.06. The highest BCUT2D eigenvalue weighted by Gasteiger charge is 2.09. The van der Waals surface area contributed by atoms with Crippen LogP contribution in [0.2, 0.25) is 5.02 Å². The quantitative estimate of drug-likeness (QED) is 0.473. The SMILES string of the molecule is Cc1cc(C)cc(NC(=O)CSc2nnc(SCc3ccc(Cl)cc3)s2)c1. The summed E-state index contributed by atoms with van der Waals surface area (Å²) in [6.07, 6.45) is 0. The first kappa shape index (κ1) is 20.2. The van der Waals surface area contributed by atoms with Crippen molar-refractivity contribution in [2.24, 2.45) is 0 Å². The summed E-state index contributed by atoms with van der Waals surface area (Å²) < 4.78 is 1.69. The molecule has 0 fully saturated rings. The highest BCUT2D eigenvalue weighted by molar-refractivity contribution is 8.03. The number of carbonyl (C=O) groups is 1. The van der Waals surface area contributed by atoms with Crippen LogP contribution in [0.25, 0.3) is 0 Å². The fourth-order valence-electron chi connectivity index (χ4n) is 2.41. The van der Waals surface area contributed by atoms with E-state index in [1.807, 2.05) is 50.2 Å². The van der Waals surface area contributed by atoms with Gasteiger partial charge in [-0.3, -0.25) is 4.79 Å². The Labute approximate surface area is 176 Å². The van der Waals surface area contributed by atoms with Crippen molar-refractivity contribution < 1.29 is 4.79 Å². The van der Waals surface area contributed by atoms with Crippen molar-refractivity contribution in [3.05, 3.63) is 64.2 Å². The van der Waals surface area contributed by atoms with E-state index in [0.29, 0.717) is 5.75 Å². The molecular weight excluding hydrogens is 418 g/mol. The second-order valence-electron chi connectivity index (χ2n) is 5.96. The Balaban J connectivity index is 1.47. The molecule has 140 valence electrons. The van der Waals surface area contributed by atoms with Crippen molar-refractivity contribution in [1.29, 1.82) is 0 Å². The van der Waals surface area contributed by atoms with E-state index in [9.17, 15) is 4.79 Å². The zero-order valence-corrected chi connectivity index (χ0v) is 18.1. The topological polar surface area (TPSA) is 54.9 Å². The summed E-state index contributed by atoms with van der Waals surface area (Å²) in [7, 11) is 0. The lowest BCUT2D eigenvalue weighted by Crippen LogP contribution is -2.14. The maximum Gasteiger partial charge on any atom is 0.234 e. The first-order valence-corrected chi connectivity index (χ1v) is 11.4. The Morgan fingerprint density at radius 1 is 1.04 bits per heavy atom. The fraction of sp³-hybridized carbons (Fsp3) is 0.211. The van der Waals surface area contributed by atoms with Crippen LogP contribution in [0.4, 0.5) is 5.69 Å². The summed E-state index contributed by atoms with van der Waals surface area (Å²) in [6.45, 7) is 4.03. The molecule has 0 aliphatic carbocycles. The third kappa shape index (κ3) is 6.53. The van der Waals surface area contributed by atoms with Crippen LogP contribution < -0.4 is 5.32 Å². The molecule has 0 atom stereocenters. The van der Waals surface area contributed by atoms with Crippen LogP contribution in [0.3, 0.4) is 0 Å². The first-order valence-electron chi connectivity index (χ1n) is 8.19. The molecular formula is C19H18ClN3OS3. The molecule has 1 N–H and O–H groups in total. The molecule has 3 rings (SSSR count). The first-order chi connectivity index (χ1) is 13.0. The summed E-state index contributed by atoms with van der Waals surface area (Å²) in [5, 5.41) is 12.0. The molecule has 4 nitrogen and oxygen atoms in total. The molecule has 0 aliphatic heterocycles. The number of aryl methyl sites for hydroxylation is 2. The van der Waals surface area contributed by atoms with Gasteiger partial charge in [-0.2, -0.15) is 0 Å². The number of nitrogens with zero attached hydrogens (tertiary/aromatic N) is 2. The number of hydrogen-bond acceptors (Lipinski definition) is 6. The van der Waals surface area contributed by atoms with Crippen molar-refractivity contribution in [3.63, 3.8) is 0 Å². The third-order valence-corrected chi connectivity index (χ3v) is 7.01. The predicted molar refractivity (Wildman–Crippen MR) is 116 cm³/mol. The zero-order valence-electron chi connectivity index (χ0n) is 14.9. The largest absolute Gasteiger partial charge is 0.325 e. The molecule has 0 radical (unpaired) electrons. The van der Waals surface area contributed by atoms with Crippen molar-refractivity contribution >= 4 is 58.1 Å². The summed E-state index contributed by atoms with van der Waals surface area (Å²) in [4.78, 5) is 12.2. The number of thioether (sulfide) groups is 2. The highest BCUT2D eigenvalue weighted by Crippen LogP contribution is 2.31. The van der Waals surface area contributed by atoms with Gasteiger partial charge in [0.25, 0.3) is 0 Å². The minimum Gasteiger partial charge on any atom is -0.325 e. The van der Waals surface area contributed by atoms with E-state index in [2.05, 4.69) is 21.6 Å². The van der Waals surface area contributed by atoms with E-state index in [1.165, 1.54) is 28.7 Å². The van der Waals surface area contributed by atoms with E-state index in [-0.39, 0.29) is 5.91 Å². The number of anilines is 1. The van der Waals surface area contributed by atoms with Crippen molar-refractivity contribution in [2.75, 3.05) is 11.1 Å². The molecule has 0 unspecified atom stereocenters. The summed E-state index contributed by atoms with van der Waals surface area (Å²) in [6, 6.07) is 13.8. The van der Waals surface area contributed by atoms with Gasteiger partial charge in [-0.05, 0) is 54.8 Å². The van der Waals surface area contributed by atoms with Gasteiger partial charge in [0.05, 0.1) is 5.75 Å². The number of halogens is 1. The molecule has 3 aromatic rings. The molecule has 1 aromatic heterocycles. The summed E-state index contributed by atoms with van der Waals surface area (Å²) >= 11 is 10.4. The summed E-state index contributed by atoms with van der Waals surface area (Å²) in [5.41, 5.74) is 4.27. The lowest BCUT2D eigenvalue weighted by Gasteiger charge is -2.06. The van der Waals surface area contributed by atoms with Crippen LogP contribution in [-0.2, 0) is 10.5 Å². The predicted octanol–water partition coefficient (Wildman–Crippen LogP) is 5.83. The van der Waals surface area contributed by atoms with E-state index in [1.54, 1.807) is 11.8 Å². The van der Waals surface area contributed by atoms with Crippen molar-refractivity contribution in [1.82, 2.24) is 10.2 Å². The number of nitrogens with one attached hydrogen (secondary N) is 1. The van der Waals surface area contributed by atoms with Gasteiger partial charge in [-0.1, -0.05) is 64.7 Å². The Hall–Kier alpha value is -1.54. The van der Waals surface area contributed by atoms with Gasteiger partial charge < -0.3 is 5.32 Å². The van der Waals surface area contributed by atoms with E-state index >= 15 is 0 Å².